The summed E-state index contributed by atoms with van der Waals surface area (Å²) >= 11 is 0. The monoisotopic (exact) mass is 308 g/mol. The number of amides is 1. The van der Waals surface area contributed by atoms with Crippen molar-refractivity contribution in [3.05, 3.63) is 27.7 Å². The lowest BCUT2D eigenvalue weighted by Gasteiger charge is -2.44. The molecule has 0 radical (unpaired) electrons. The molecule has 1 saturated heterocycles. The average Bonchev–Trinajstić information content (AvgIpc) is 2.47. The van der Waals surface area contributed by atoms with Crippen molar-refractivity contribution < 1.29 is 24.2 Å². The Labute approximate surface area is 125 Å². The molecule has 3 rings (SSSR count). The number of ether oxygens (including phenoxy) is 2. The second kappa shape index (κ2) is 5.13. The molecule has 0 saturated carbocycles. The minimum atomic E-state index is -1.36. The number of rotatable bonds is 2. The van der Waals surface area contributed by atoms with Gasteiger partial charge >= 0.3 is 5.97 Å². The molecule has 1 unspecified atom stereocenters. The molecule has 22 heavy (non-hydrogen) atoms. The highest BCUT2D eigenvalue weighted by Crippen LogP contribution is 2.29. The van der Waals surface area contributed by atoms with Crippen molar-refractivity contribution in [2.45, 2.75) is 32.2 Å². The molecule has 0 aliphatic carbocycles. The van der Waals surface area contributed by atoms with Crippen LogP contribution in [0.1, 0.15) is 34.2 Å². The Bertz CT molecular complexity index is 710. The normalized spacial score (nSPS) is 23.7. The van der Waals surface area contributed by atoms with Crippen LogP contribution in [0.3, 0.4) is 0 Å². The number of pyridine rings is 1. The third kappa shape index (κ3) is 1.98. The number of aromatic carboxylic acids is 1. The van der Waals surface area contributed by atoms with Crippen LogP contribution in [0.4, 0.5) is 0 Å². The zero-order valence-electron chi connectivity index (χ0n) is 12.2. The lowest BCUT2D eigenvalue weighted by Crippen LogP contribution is -2.57. The Balaban J connectivity index is 2.21. The summed E-state index contributed by atoms with van der Waals surface area (Å²) in [4.78, 5) is 37.7. The molecule has 2 aliphatic heterocycles. The average molecular weight is 308 g/mol. The van der Waals surface area contributed by atoms with Gasteiger partial charge in [0, 0.05) is 12.2 Å². The molecule has 0 aromatic carbocycles. The number of carbonyl (C=O) groups excluding carboxylic acids is 1. The standard InChI is InChI=1S/C14H16N2O6/c1-7-3-4-22-9-6-15-5-8(14(19)20)11(17)12(21-2)10(15)13(18)16(7)9/h5,7,9H,3-4,6H2,1-2H3,(H,19,20)/t7-,9?/m1/s1. The fraction of sp³-hybridized carbons (Fsp3) is 0.500. The lowest BCUT2D eigenvalue weighted by molar-refractivity contribution is -0.112. The van der Waals surface area contributed by atoms with Crippen molar-refractivity contribution in [3.63, 3.8) is 0 Å². The molecule has 8 nitrogen and oxygen atoms in total. The number of hydrogen-bond donors (Lipinski definition) is 1. The molecule has 0 spiro atoms. The first-order valence-electron chi connectivity index (χ1n) is 6.94. The van der Waals surface area contributed by atoms with Crippen molar-refractivity contribution in [1.29, 1.82) is 0 Å². The first-order valence-corrected chi connectivity index (χ1v) is 6.94. The van der Waals surface area contributed by atoms with E-state index in [1.165, 1.54) is 17.9 Å². The first kappa shape index (κ1) is 14.6. The predicted octanol–water partition coefficient (Wildman–Crippen LogP) is 0.146. The largest absolute Gasteiger partial charge is 0.491 e. The number of carboxylic acids is 1. The van der Waals surface area contributed by atoms with Gasteiger partial charge in [0.25, 0.3) is 5.91 Å². The van der Waals surface area contributed by atoms with Crippen LogP contribution in [-0.4, -0.2) is 52.4 Å². The quantitative estimate of drug-likeness (QED) is 0.835. The Morgan fingerprint density at radius 3 is 2.82 bits per heavy atom. The summed E-state index contributed by atoms with van der Waals surface area (Å²) in [5.41, 5.74) is -1.14. The zero-order valence-corrected chi connectivity index (χ0v) is 12.2. The van der Waals surface area contributed by atoms with Crippen LogP contribution in [0.15, 0.2) is 11.0 Å². The number of methoxy groups -OCH3 is 1. The highest BCUT2D eigenvalue weighted by Gasteiger charge is 2.41. The van der Waals surface area contributed by atoms with Crippen molar-refractivity contribution in [3.8, 4) is 5.75 Å². The van der Waals surface area contributed by atoms with E-state index in [0.29, 0.717) is 13.0 Å². The van der Waals surface area contributed by atoms with E-state index in [0.717, 1.165) is 0 Å². The maximum atomic E-state index is 12.7. The van der Waals surface area contributed by atoms with E-state index >= 15 is 0 Å². The van der Waals surface area contributed by atoms with Gasteiger partial charge in [0.15, 0.2) is 17.7 Å². The Morgan fingerprint density at radius 1 is 1.45 bits per heavy atom. The number of carboxylic acid groups (broad SMARTS) is 1. The van der Waals surface area contributed by atoms with Gasteiger partial charge < -0.3 is 24.0 Å². The van der Waals surface area contributed by atoms with Crippen LogP contribution in [0.2, 0.25) is 0 Å². The van der Waals surface area contributed by atoms with Crippen molar-refractivity contribution >= 4 is 11.9 Å². The molecular weight excluding hydrogens is 292 g/mol. The molecule has 118 valence electrons. The van der Waals surface area contributed by atoms with E-state index in [9.17, 15) is 14.4 Å². The van der Waals surface area contributed by atoms with Crippen molar-refractivity contribution in [2.75, 3.05) is 13.7 Å². The van der Waals surface area contributed by atoms with Gasteiger partial charge in [-0.25, -0.2) is 4.79 Å². The summed E-state index contributed by atoms with van der Waals surface area (Å²) < 4.78 is 12.1. The molecule has 1 amide bonds. The highest BCUT2D eigenvalue weighted by atomic mass is 16.5. The van der Waals surface area contributed by atoms with Gasteiger partial charge in [-0.2, -0.15) is 0 Å². The minimum absolute atomic E-state index is 0.0149. The molecule has 0 bridgehead atoms. The third-order valence-electron chi connectivity index (χ3n) is 4.09. The summed E-state index contributed by atoms with van der Waals surface area (Å²) in [6.45, 7) is 2.72. The third-order valence-corrected chi connectivity index (χ3v) is 4.09. The highest BCUT2D eigenvalue weighted by molar-refractivity contribution is 5.98. The van der Waals surface area contributed by atoms with Crippen LogP contribution in [0, 0.1) is 0 Å². The van der Waals surface area contributed by atoms with Gasteiger partial charge in [-0.05, 0) is 13.3 Å². The lowest BCUT2D eigenvalue weighted by atomic mass is 10.1. The summed E-state index contributed by atoms with van der Waals surface area (Å²) in [7, 11) is 1.25. The summed E-state index contributed by atoms with van der Waals surface area (Å²) in [5.74, 6) is -1.97. The van der Waals surface area contributed by atoms with Gasteiger partial charge in [0.1, 0.15) is 5.56 Å². The van der Waals surface area contributed by atoms with Crippen LogP contribution >= 0.6 is 0 Å². The van der Waals surface area contributed by atoms with Crippen LogP contribution in [-0.2, 0) is 11.3 Å². The summed E-state index contributed by atoms with van der Waals surface area (Å²) in [6, 6.07) is -0.0149. The van der Waals surface area contributed by atoms with Gasteiger partial charge in [0.05, 0.1) is 20.3 Å². The SMILES string of the molecule is COc1c2n(cc(C(=O)O)c1=O)CC1OCC[C@@H](C)N1C2=O. The molecule has 2 atom stereocenters. The van der Waals surface area contributed by atoms with Gasteiger partial charge in [0.2, 0.25) is 5.43 Å². The van der Waals surface area contributed by atoms with Crippen LogP contribution < -0.4 is 10.2 Å². The molecule has 1 fully saturated rings. The molecule has 1 aromatic heterocycles. The van der Waals surface area contributed by atoms with E-state index in [4.69, 9.17) is 14.6 Å². The second-order valence-corrected chi connectivity index (χ2v) is 5.39. The second-order valence-electron chi connectivity index (χ2n) is 5.39. The number of nitrogens with zero attached hydrogens (tertiary/aromatic N) is 2. The number of fused-ring (bicyclic) bond motifs is 2. The van der Waals surface area contributed by atoms with Gasteiger partial charge in [-0.15, -0.1) is 0 Å². The first-order chi connectivity index (χ1) is 10.5. The van der Waals surface area contributed by atoms with Crippen LogP contribution in [0.25, 0.3) is 0 Å². The van der Waals surface area contributed by atoms with E-state index in [1.807, 2.05) is 6.92 Å². The predicted molar refractivity (Wildman–Crippen MR) is 74.2 cm³/mol. The topological polar surface area (TPSA) is 98.1 Å². The number of aromatic nitrogens is 1. The minimum Gasteiger partial charge on any atom is -0.491 e. The molecule has 3 heterocycles. The molecule has 2 aliphatic rings. The molecule has 1 aromatic rings. The fourth-order valence-electron chi connectivity index (χ4n) is 2.98. The Kier molecular flexibility index (Phi) is 3.40. The zero-order chi connectivity index (χ0) is 16.0. The van der Waals surface area contributed by atoms with Crippen molar-refractivity contribution in [2.24, 2.45) is 0 Å². The summed E-state index contributed by atoms with van der Waals surface area (Å²) in [5, 5.41) is 9.13. The van der Waals surface area contributed by atoms with Crippen LogP contribution in [0.5, 0.6) is 5.75 Å². The smallest absolute Gasteiger partial charge is 0.341 e. The molecule has 8 heteroatoms. The number of carbonyl (C=O) groups is 2. The van der Waals surface area contributed by atoms with E-state index < -0.39 is 23.2 Å². The fourth-order valence-corrected chi connectivity index (χ4v) is 2.98. The maximum absolute atomic E-state index is 12.7. The van der Waals surface area contributed by atoms with Gasteiger partial charge in [-0.1, -0.05) is 0 Å². The van der Waals surface area contributed by atoms with E-state index in [2.05, 4.69) is 0 Å². The van der Waals surface area contributed by atoms with E-state index in [1.54, 1.807) is 4.90 Å². The summed E-state index contributed by atoms with van der Waals surface area (Å²) in [6.07, 6.45) is 1.43. The van der Waals surface area contributed by atoms with Gasteiger partial charge in [-0.3, -0.25) is 9.59 Å². The molecular formula is C14H16N2O6. The number of hydrogen-bond acceptors (Lipinski definition) is 5. The Morgan fingerprint density at radius 2 is 2.18 bits per heavy atom. The van der Waals surface area contributed by atoms with E-state index in [-0.39, 0.29) is 29.9 Å². The van der Waals surface area contributed by atoms with Crippen molar-refractivity contribution in [1.82, 2.24) is 9.47 Å². The Hall–Kier alpha value is -2.35. The maximum Gasteiger partial charge on any atom is 0.341 e. The molecule has 1 N–H and O–H groups in total.